The maximum atomic E-state index is 13.1. The summed E-state index contributed by atoms with van der Waals surface area (Å²) in [6.45, 7) is 0.499. The van der Waals surface area contributed by atoms with Crippen LogP contribution in [0.3, 0.4) is 0 Å². The average molecular weight is 359 g/mol. The Bertz CT molecular complexity index is 600. The molecule has 0 N–H and O–H groups in total. The molecular weight excluding hydrogens is 345 g/mol. The summed E-state index contributed by atoms with van der Waals surface area (Å²) in [7, 11) is 1.76. The highest BCUT2D eigenvalue weighted by atomic mass is 79.9. The molecule has 0 amide bonds. The number of halogens is 4. The van der Waals surface area contributed by atoms with Gasteiger partial charge in [0.05, 0.1) is 5.56 Å². The van der Waals surface area contributed by atoms with E-state index in [1.165, 1.54) is 12.1 Å². The largest absolute Gasteiger partial charge is 0.416 e. The lowest BCUT2D eigenvalue weighted by molar-refractivity contribution is -0.138. The monoisotopic (exact) mass is 358 g/mol. The van der Waals surface area contributed by atoms with Gasteiger partial charge in [0, 0.05) is 37.0 Å². The first-order valence-corrected chi connectivity index (χ1v) is 7.40. The van der Waals surface area contributed by atoms with Gasteiger partial charge < -0.3 is 4.90 Å². The molecule has 21 heavy (non-hydrogen) atoms. The van der Waals surface area contributed by atoms with Gasteiger partial charge in [-0.3, -0.25) is 4.98 Å². The van der Waals surface area contributed by atoms with Crippen molar-refractivity contribution in [3.8, 4) is 0 Å². The molecule has 2 rings (SSSR count). The SMILES string of the molecule is CN(Cc1cccnc1)c1ccc(CBr)c(C(F)(F)F)c1. The van der Waals surface area contributed by atoms with Gasteiger partial charge in [0.2, 0.25) is 0 Å². The van der Waals surface area contributed by atoms with Crippen molar-refractivity contribution in [2.75, 3.05) is 11.9 Å². The van der Waals surface area contributed by atoms with Crippen molar-refractivity contribution >= 4 is 21.6 Å². The van der Waals surface area contributed by atoms with Crippen molar-refractivity contribution < 1.29 is 13.2 Å². The number of hydrogen-bond acceptors (Lipinski definition) is 2. The topological polar surface area (TPSA) is 16.1 Å². The van der Waals surface area contributed by atoms with Gasteiger partial charge in [-0.15, -0.1) is 0 Å². The molecule has 0 atom stereocenters. The molecule has 2 nitrogen and oxygen atoms in total. The first-order valence-electron chi connectivity index (χ1n) is 6.28. The molecule has 0 saturated carbocycles. The average Bonchev–Trinajstić information content (AvgIpc) is 2.46. The summed E-state index contributed by atoms with van der Waals surface area (Å²) in [5.74, 6) is 0. The number of benzene rings is 1. The van der Waals surface area contributed by atoms with Gasteiger partial charge in [-0.2, -0.15) is 13.2 Å². The van der Waals surface area contributed by atoms with Crippen LogP contribution < -0.4 is 4.90 Å². The van der Waals surface area contributed by atoms with Crippen LogP contribution in [0.1, 0.15) is 16.7 Å². The number of nitrogens with zero attached hydrogens (tertiary/aromatic N) is 2. The van der Waals surface area contributed by atoms with Crippen LogP contribution in [0.15, 0.2) is 42.7 Å². The van der Waals surface area contributed by atoms with Gasteiger partial charge in [0.1, 0.15) is 0 Å². The molecular formula is C15H14BrF3N2. The van der Waals surface area contributed by atoms with Crippen LogP contribution in [-0.4, -0.2) is 12.0 Å². The van der Waals surface area contributed by atoms with Crippen molar-refractivity contribution in [3.05, 3.63) is 59.4 Å². The Morgan fingerprint density at radius 2 is 2.00 bits per heavy atom. The number of hydrogen-bond donors (Lipinski definition) is 0. The predicted molar refractivity (Wildman–Crippen MR) is 80.4 cm³/mol. The van der Waals surface area contributed by atoms with E-state index in [4.69, 9.17) is 0 Å². The van der Waals surface area contributed by atoms with Crippen LogP contribution in [0.2, 0.25) is 0 Å². The molecule has 1 heterocycles. The smallest absolute Gasteiger partial charge is 0.370 e. The quantitative estimate of drug-likeness (QED) is 0.740. The lowest BCUT2D eigenvalue weighted by Crippen LogP contribution is -2.18. The van der Waals surface area contributed by atoms with E-state index in [0.717, 1.165) is 5.56 Å². The van der Waals surface area contributed by atoms with E-state index in [2.05, 4.69) is 20.9 Å². The van der Waals surface area contributed by atoms with Crippen molar-refractivity contribution in [1.29, 1.82) is 0 Å². The molecule has 2 aromatic rings. The second kappa shape index (κ2) is 6.47. The molecule has 0 aliphatic heterocycles. The molecule has 6 heteroatoms. The molecule has 0 bridgehead atoms. The Labute approximate surface area is 129 Å². The first-order chi connectivity index (χ1) is 9.91. The van der Waals surface area contributed by atoms with E-state index < -0.39 is 11.7 Å². The summed E-state index contributed by atoms with van der Waals surface area (Å²) in [5.41, 5.74) is 1.10. The molecule has 0 unspecified atom stereocenters. The zero-order valence-electron chi connectivity index (χ0n) is 11.4. The van der Waals surface area contributed by atoms with Crippen LogP contribution in [-0.2, 0) is 18.1 Å². The van der Waals surface area contributed by atoms with Gasteiger partial charge in [0.25, 0.3) is 0 Å². The Morgan fingerprint density at radius 3 is 2.57 bits per heavy atom. The minimum Gasteiger partial charge on any atom is -0.370 e. The highest BCUT2D eigenvalue weighted by Gasteiger charge is 2.33. The summed E-state index contributed by atoms with van der Waals surface area (Å²) in [6, 6.07) is 8.08. The van der Waals surface area contributed by atoms with E-state index in [-0.39, 0.29) is 10.9 Å². The van der Waals surface area contributed by atoms with Crippen LogP contribution in [0.5, 0.6) is 0 Å². The van der Waals surface area contributed by atoms with Crippen molar-refractivity contribution in [2.24, 2.45) is 0 Å². The molecule has 0 spiro atoms. The fourth-order valence-corrected chi connectivity index (χ4v) is 2.53. The van der Waals surface area contributed by atoms with E-state index in [0.29, 0.717) is 12.2 Å². The Balaban J connectivity index is 2.28. The van der Waals surface area contributed by atoms with E-state index in [9.17, 15) is 13.2 Å². The second-order valence-corrected chi connectivity index (χ2v) is 5.25. The van der Waals surface area contributed by atoms with E-state index in [1.54, 1.807) is 36.5 Å². The fraction of sp³-hybridized carbons (Fsp3) is 0.267. The van der Waals surface area contributed by atoms with Crippen molar-refractivity contribution in [1.82, 2.24) is 4.98 Å². The molecule has 0 radical (unpaired) electrons. The lowest BCUT2D eigenvalue weighted by Gasteiger charge is -2.21. The summed E-state index contributed by atoms with van der Waals surface area (Å²) >= 11 is 3.09. The molecule has 0 aliphatic carbocycles. The van der Waals surface area contributed by atoms with E-state index in [1.807, 2.05) is 6.07 Å². The Kier molecular flexibility index (Phi) is 4.88. The van der Waals surface area contributed by atoms with Gasteiger partial charge in [0.15, 0.2) is 0 Å². The highest BCUT2D eigenvalue weighted by Crippen LogP contribution is 2.35. The van der Waals surface area contributed by atoms with Crippen LogP contribution in [0, 0.1) is 0 Å². The standard InChI is InChI=1S/C15H14BrF3N2/c1-21(10-11-3-2-6-20-9-11)13-5-4-12(8-16)14(7-13)15(17,18)19/h2-7,9H,8,10H2,1H3. The van der Waals surface area contributed by atoms with Crippen LogP contribution >= 0.6 is 15.9 Å². The molecule has 0 aliphatic rings. The number of rotatable bonds is 4. The van der Waals surface area contributed by atoms with Gasteiger partial charge >= 0.3 is 6.18 Å². The third-order valence-corrected chi connectivity index (χ3v) is 3.73. The maximum Gasteiger partial charge on any atom is 0.416 e. The predicted octanol–water partition coefficient (Wildman–Crippen LogP) is 4.63. The van der Waals surface area contributed by atoms with E-state index >= 15 is 0 Å². The zero-order chi connectivity index (χ0) is 15.5. The molecule has 112 valence electrons. The highest BCUT2D eigenvalue weighted by molar-refractivity contribution is 9.08. The maximum absolute atomic E-state index is 13.1. The molecule has 1 aromatic carbocycles. The Hall–Kier alpha value is -1.56. The third kappa shape index (κ3) is 3.97. The van der Waals surface area contributed by atoms with Crippen molar-refractivity contribution in [3.63, 3.8) is 0 Å². The number of aromatic nitrogens is 1. The van der Waals surface area contributed by atoms with Gasteiger partial charge in [-0.05, 0) is 29.3 Å². The van der Waals surface area contributed by atoms with Crippen LogP contribution in [0.25, 0.3) is 0 Å². The minimum absolute atomic E-state index is 0.175. The molecule has 1 aromatic heterocycles. The third-order valence-electron chi connectivity index (χ3n) is 3.13. The summed E-state index contributed by atoms with van der Waals surface area (Å²) in [4.78, 5) is 5.77. The fourth-order valence-electron chi connectivity index (χ4n) is 2.04. The molecule has 0 fully saturated rings. The van der Waals surface area contributed by atoms with Crippen LogP contribution in [0.4, 0.5) is 18.9 Å². The Morgan fingerprint density at radius 1 is 1.24 bits per heavy atom. The molecule has 0 saturated heterocycles. The zero-order valence-corrected chi connectivity index (χ0v) is 12.9. The van der Waals surface area contributed by atoms with Crippen molar-refractivity contribution in [2.45, 2.75) is 18.1 Å². The summed E-state index contributed by atoms with van der Waals surface area (Å²) in [6.07, 6.45) is -0.988. The normalized spacial score (nSPS) is 11.5. The number of pyridine rings is 1. The first kappa shape index (κ1) is 15.8. The second-order valence-electron chi connectivity index (χ2n) is 4.69. The van der Waals surface area contributed by atoms with Gasteiger partial charge in [-0.1, -0.05) is 28.1 Å². The number of alkyl halides is 4. The van der Waals surface area contributed by atoms with Gasteiger partial charge in [-0.25, -0.2) is 0 Å². The number of anilines is 1. The summed E-state index contributed by atoms with van der Waals surface area (Å²) in [5, 5.41) is 0.175. The lowest BCUT2D eigenvalue weighted by atomic mass is 10.1. The summed E-state index contributed by atoms with van der Waals surface area (Å²) < 4.78 is 39.2. The minimum atomic E-state index is -4.35.